The van der Waals surface area contributed by atoms with Crippen molar-refractivity contribution < 1.29 is 4.79 Å². The Bertz CT molecular complexity index is 1160. The van der Waals surface area contributed by atoms with E-state index in [0.717, 1.165) is 27.0 Å². The van der Waals surface area contributed by atoms with Gasteiger partial charge in [0.25, 0.3) is 5.91 Å². The maximum atomic E-state index is 12.8. The lowest BCUT2D eigenvalue weighted by atomic mass is 10.1. The molecule has 0 unspecified atom stereocenters. The summed E-state index contributed by atoms with van der Waals surface area (Å²) < 4.78 is 0. The van der Waals surface area contributed by atoms with Gasteiger partial charge < -0.3 is 11.1 Å². The quantitative estimate of drug-likeness (QED) is 0.503. The number of benzene rings is 1. The second-order valence-electron chi connectivity index (χ2n) is 6.00. The fourth-order valence-electron chi connectivity index (χ4n) is 2.77. The molecule has 0 spiro atoms. The van der Waals surface area contributed by atoms with E-state index in [9.17, 15) is 4.79 Å². The summed E-state index contributed by atoms with van der Waals surface area (Å²) in [7, 11) is 0. The van der Waals surface area contributed by atoms with Gasteiger partial charge in [-0.3, -0.25) is 9.78 Å². The van der Waals surface area contributed by atoms with Gasteiger partial charge in [0.2, 0.25) is 0 Å². The molecule has 3 aromatic heterocycles. The molecule has 134 valence electrons. The maximum Gasteiger partial charge on any atom is 0.267 e. The number of thiophene rings is 1. The smallest absolute Gasteiger partial charge is 0.267 e. The average molecular weight is 395 g/mol. The molecular formula is C20H15ClN4OS. The molecule has 7 heteroatoms. The van der Waals surface area contributed by atoms with Gasteiger partial charge in [-0.2, -0.15) is 0 Å². The summed E-state index contributed by atoms with van der Waals surface area (Å²) in [4.78, 5) is 22.6. The van der Waals surface area contributed by atoms with Gasteiger partial charge in [0.1, 0.15) is 9.71 Å². The van der Waals surface area contributed by atoms with Gasteiger partial charge in [0.05, 0.1) is 11.4 Å². The Kier molecular flexibility index (Phi) is 4.51. The van der Waals surface area contributed by atoms with E-state index in [1.165, 1.54) is 11.3 Å². The Morgan fingerprint density at radius 1 is 1.15 bits per heavy atom. The molecule has 3 heterocycles. The van der Waals surface area contributed by atoms with Gasteiger partial charge in [-0.15, -0.1) is 11.3 Å². The molecule has 4 aromatic rings. The number of hydrogen-bond acceptors (Lipinski definition) is 5. The zero-order valence-corrected chi connectivity index (χ0v) is 15.9. The van der Waals surface area contributed by atoms with Crippen molar-refractivity contribution in [3.63, 3.8) is 0 Å². The summed E-state index contributed by atoms with van der Waals surface area (Å²) in [6, 6.07) is 12.9. The van der Waals surface area contributed by atoms with Crippen LogP contribution in [0.2, 0.25) is 5.02 Å². The molecule has 3 N–H and O–H groups in total. The van der Waals surface area contributed by atoms with Crippen LogP contribution in [0.5, 0.6) is 0 Å². The third-order valence-corrected chi connectivity index (χ3v) is 5.82. The Hall–Kier alpha value is -2.96. The van der Waals surface area contributed by atoms with Crippen LogP contribution >= 0.6 is 22.9 Å². The normalized spacial score (nSPS) is 10.9. The van der Waals surface area contributed by atoms with Crippen molar-refractivity contribution in [1.82, 2.24) is 9.97 Å². The van der Waals surface area contributed by atoms with Crippen molar-refractivity contribution in [3.8, 4) is 11.3 Å². The van der Waals surface area contributed by atoms with Crippen LogP contribution < -0.4 is 11.1 Å². The van der Waals surface area contributed by atoms with Gasteiger partial charge in [0.15, 0.2) is 0 Å². The first-order valence-electron chi connectivity index (χ1n) is 8.20. The minimum absolute atomic E-state index is 0.272. The number of rotatable bonds is 3. The number of nitrogens with one attached hydrogen (secondary N) is 1. The van der Waals surface area contributed by atoms with Crippen LogP contribution in [-0.2, 0) is 0 Å². The third kappa shape index (κ3) is 3.25. The van der Waals surface area contributed by atoms with E-state index in [1.54, 1.807) is 24.5 Å². The van der Waals surface area contributed by atoms with Gasteiger partial charge in [-0.05, 0) is 48.9 Å². The van der Waals surface area contributed by atoms with Crippen LogP contribution in [0.1, 0.15) is 15.2 Å². The molecule has 0 aliphatic heterocycles. The number of pyridine rings is 2. The lowest BCUT2D eigenvalue weighted by molar-refractivity contribution is 0.103. The van der Waals surface area contributed by atoms with Gasteiger partial charge in [-0.1, -0.05) is 17.7 Å². The summed E-state index contributed by atoms with van der Waals surface area (Å²) in [5, 5.41) is 4.25. The second kappa shape index (κ2) is 6.98. The van der Waals surface area contributed by atoms with E-state index < -0.39 is 0 Å². The zero-order valence-electron chi connectivity index (χ0n) is 14.4. The molecule has 0 radical (unpaired) electrons. The van der Waals surface area contributed by atoms with Gasteiger partial charge in [0, 0.05) is 34.1 Å². The lowest BCUT2D eigenvalue weighted by Crippen LogP contribution is -2.12. The molecule has 1 aromatic carbocycles. The van der Waals surface area contributed by atoms with E-state index in [1.807, 2.05) is 37.3 Å². The number of nitrogens with zero attached hydrogens (tertiary/aromatic N) is 2. The van der Waals surface area contributed by atoms with E-state index in [0.29, 0.717) is 21.3 Å². The van der Waals surface area contributed by atoms with Crippen molar-refractivity contribution in [3.05, 3.63) is 70.3 Å². The summed E-state index contributed by atoms with van der Waals surface area (Å²) in [6.07, 6.45) is 3.44. The number of aromatic nitrogens is 2. The number of hydrogen-bond donors (Lipinski definition) is 2. The lowest BCUT2D eigenvalue weighted by Gasteiger charge is -2.08. The zero-order chi connectivity index (χ0) is 19.0. The SMILES string of the molecule is Cc1c(Cl)cccc1NC(=O)c1sc2nc(-c3ccncc3)ccc2c1N. The molecule has 4 rings (SSSR count). The molecule has 0 fully saturated rings. The largest absolute Gasteiger partial charge is 0.397 e. The van der Waals surface area contributed by atoms with Crippen LogP contribution in [0.3, 0.4) is 0 Å². The minimum atomic E-state index is -0.272. The van der Waals surface area contributed by atoms with E-state index >= 15 is 0 Å². The Balaban J connectivity index is 1.70. The Morgan fingerprint density at radius 2 is 1.93 bits per heavy atom. The molecule has 0 saturated carbocycles. The van der Waals surface area contributed by atoms with Crippen molar-refractivity contribution in [2.24, 2.45) is 0 Å². The first-order chi connectivity index (χ1) is 13.0. The van der Waals surface area contributed by atoms with Crippen molar-refractivity contribution in [2.45, 2.75) is 6.92 Å². The molecule has 0 bridgehead atoms. The van der Waals surface area contributed by atoms with E-state index in [-0.39, 0.29) is 5.91 Å². The van der Waals surface area contributed by atoms with Crippen molar-refractivity contribution >= 4 is 50.4 Å². The molecule has 27 heavy (non-hydrogen) atoms. The number of nitrogens with two attached hydrogens (primary N) is 1. The molecule has 0 aliphatic rings. The monoisotopic (exact) mass is 394 g/mol. The molecule has 5 nitrogen and oxygen atoms in total. The molecular weight excluding hydrogens is 380 g/mol. The fraction of sp³-hybridized carbons (Fsp3) is 0.0500. The van der Waals surface area contributed by atoms with Crippen LogP contribution in [0, 0.1) is 6.92 Å². The standard InChI is InChI=1S/C20H15ClN4OS/c1-11-14(21)3-2-4-15(11)24-19(26)18-17(22)13-5-6-16(25-20(13)27-18)12-7-9-23-10-8-12/h2-10H,22H2,1H3,(H,24,26). The summed E-state index contributed by atoms with van der Waals surface area (Å²) in [5.74, 6) is -0.272. The number of halogens is 1. The number of carbonyl (C=O) groups is 1. The highest BCUT2D eigenvalue weighted by Crippen LogP contribution is 2.35. The van der Waals surface area contributed by atoms with E-state index in [4.69, 9.17) is 17.3 Å². The molecule has 1 amide bonds. The first-order valence-corrected chi connectivity index (χ1v) is 9.40. The fourth-order valence-corrected chi connectivity index (χ4v) is 3.93. The summed E-state index contributed by atoms with van der Waals surface area (Å²) in [5.41, 5.74) is 9.89. The predicted molar refractivity (Wildman–Crippen MR) is 111 cm³/mol. The summed E-state index contributed by atoms with van der Waals surface area (Å²) in [6.45, 7) is 1.86. The first kappa shape index (κ1) is 17.5. The molecule has 0 atom stereocenters. The van der Waals surface area contributed by atoms with Crippen LogP contribution in [-0.4, -0.2) is 15.9 Å². The number of carbonyl (C=O) groups excluding carboxylic acids is 1. The highest BCUT2D eigenvalue weighted by molar-refractivity contribution is 7.21. The van der Waals surface area contributed by atoms with E-state index in [2.05, 4.69) is 15.3 Å². The van der Waals surface area contributed by atoms with Crippen LogP contribution in [0.15, 0.2) is 54.9 Å². The summed E-state index contributed by atoms with van der Waals surface area (Å²) >= 11 is 7.40. The maximum absolute atomic E-state index is 12.8. The van der Waals surface area contributed by atoms with Gasteiger partial charge in [-0.25, -0.2) is 4.98 Å². The highest BCUT2D eigenvalue weighted by Gasteiger charge is 2.18. The third-order valence-electron chi connectivity index (χ3n) is 4.29. The number of amides is 1. The number of nitrogen functional groups attached to an aromatic ring is 1. The average Bonchev–Trinajstić information content (AvgIpc) is 3.02. The molecule has 0 saturated heterocycles. The van der Waals surface area contributed by atoms with Gasteiger partial charge >= 0.3 is 0 Å². The molecule has 0 aliphatic carbocycles. The minimum Gasteiger partial charge on any atom is -0.397 e. The second-order valence-corrected chi connectivity index (χ2v) is 7.40. The highest BCUT2D eigenvalue weighted by atomic mass is 35.5. The predicted octanol–water partition coefficient (Wildman–Crippen LogP) is 5.15. The van der Waals surface area contributed by atoms with Crippen molar-refractivity contribution in [1.29, 1.82) is 0 Å². The Morgan fingerprint density at radius 3 is 2.70 bits per heavy atom. The van der Waals surface area contributed by atoms with Crippen LogP contribution in [0.25, 0.3) is 21.5 Å². The van der Waals surface area contributed by atoms with Crippen LogP contribution in [0.4, 0.5) is 11.4 Å². The number of anilines is 2. The topological polar surface area (TPSA) is 80.9 Å². The van der Waals surface area contributed by atoms with Crippen molar-refractivity contribution in [2.75, 3.05) is 11.1 Å². The Labute approximate surface area is 164 Å². The number of fused-ring (bicyclic) bond motifs is 1.